The maximum Gasteiger partial charge on any atom is 0.337 e. The molecule has 2 aromatic rings. The first kappa shape index (κ1) is 14.9. The van der Waals surface area contributed by atoms with E-state index in [0.29, 0.717) is 5.56 Å². The summed E-state index contributed by atoms with van der Waals surface area (Å²) < 4.78 is 0. The average Bonchev–Trinajstić information content (AvgIpc) is 2.77. The number of benzene rings is 2. The number of nitrogens with zero attached hydrogens (tertiary/aromatic N) is 1. The van der Waals surface area contributed by atoms with Crippen molar-refractivity contribution in [2.45, 2.75) is 0 Å². The Balaban J connectivity index is 0.00000161. The molecule has 0 atom stereocenters. The first-order valence-corrected chi connectivity index (χ1v) is 6.06. The van der Waals surface area contributed by atoms with Crippen LogP contribution < -0.4 is 17.7 Å². The first-order valence-electron chi connectivity index (χ1n) is 6.06. The number of carboxylic acid groups (broad SMARTS) is 1. The Morgan fingerprint density at radius 3 is 2.43 bits per heavy atom. The molecule has 5 nitrogen and oxygen atoms in total. The lowest BCUT2D eigenvalue weighted by atomic mass is 10.1. The number of aromatic carboxylic acids is 1. The highest BCUT2D eigenvalue weighted by Gasteiger charge is 2.31. The van der Waals surface area contributed by atoms with Crippen LogP contribution in [-0.4, -0.2) is 22.7 Å². The maximum atomic E-state index is 12.2. The summed E-state index contributed by atoms with van der Waals surface area (Å²) in [5.41, 5.74) is 1.48. The number of para-hydroxylation sites is 2. The lowest BCUT2D eigenvalue weighted by molar-refractivity contribution is -0.440. The molecule has 2 aromatic carbocycles. The Labute approximate surface area is 126 Å². The second-order valence-electron chi connectivity index (χ2n) is 4.39. The molecular weight excluding hydrogens is 292 g/mol. The lowest BCUT2D eigenvalue weighted by Crippen LogP contribution is -3.00. The summed E-state index contributed by atoms with van der Waals surface area (Å²) in [6.07, 6.45) is 0. The fraction of sp³-hybridized carbons (Fsp3) is 0. The van der Waals surface area contributed by atoms with E-state index in [1.807, 2.05) is 30.3 Å². The number of carbonyl (C=O) groups is 2. The predicted molar refractivity (Wildman–Crippen MR) is 72.9 cm³/mol. The van der Waals surface area contributed by atoms with Crippen LogP contribution in [0.5, 0.6) is 0 Å². The van der Waals surface area contributed by atoms with Crippen LogP contribution >= 0.6 is 0 Å². The minimum atomic E-state index is -1.08. The van der Waals surface area contributed by atoms with Gasteiger partial charge in [-0.05, 0) is 24.3 Å². The van der Waals surface area contributed by atoms with Crippen molar-refractivity contribution >= 4 is 29.0 Å². The number of quaternary nitrogens is 1. The number of amidine groups is 1. The molecule has 6 heteroatoms. The van der Waals surface area contributed by atoms with E-state index in [1.165, 1.54) is 6.07 Å². The molecule has 106 valence electrons. The molecule has 3 N–H and O–H groups in total. The van der Waals surface area contributed by atoms with E-state index in [0.717, 1.165) is 5.69 Å². The molecule has 0 radical (unpaired) electrons. The highest BCUT2D eigenvalue weighted by Crippen LogP contribution is 2.29. The number of rotatable bonds is 2. The van der Waals surface area contributed by atoms with Crippen molar-refractivity contribution < 1.29 is 32.4 Å². The third-order valence-corrected chi connectivity index (χ3v) is 3.08. The predicted octanol–water partition coefficient (Wildman–Crippen LogP) is -1.49. The minimum Gasteiger partial charge on any atom is -1.00 e. The number of fused-ring (bicyclic) bond motifs is 1. The molecule has 0 aliphatic carbocycles. The monoisotopic (exact) mass is 302 g/mol. The van der Waals surface area contributed by atoms with Crippen LogP contribution in [0, 0.1) is 0 Å². The van der Waals surface area contributed by atoms with Crippen LogP contribution in [0.4, 0.5) is 11.4 Å². The number of carbonyl (C=O) groups excluding carboxylic acids is 1. The van der Waals surface area contributed by atoms with Crippen molar-refractivity contribution in [2.24, 2.45) is 4.99 Å². The zero-order valence-corrected chi connectivity index (χ0v) is 11.5. The number of hydrogen-bond acceptors (Lipinski definition) is 3. The van der Waals surface area contributed by atoms with Gasteiger partial charge in [-0.25, -0.2) is 4.79 Å². The summed E-state index contributed by atoms with van der Waals surface area (Å²) in [4.78, 5) is 27.5. The van der Waals surface area contributed by atoms with Gasteiger partial charge < -0.3 is 17.5 Å². The van der Waals surface area contributed by atoms with E-state index >= 15 is 0 Å². The number of nitrogens with two attached hydrogens (primary N) is 1. The van der Waals surface area contributed by atoms with Gasteiger partial charge in [0.25, 0.3) is 11.6 Å². The normalized spacial score (nSPS) is 12.4. The number of hydrogen-bond donors (Lipinski definition) is 2. The molecule has 3 rings (SSSR count). The largest absolute Gasteiger partial charge is 1.00 e. The lowest BCUT2D eigenvalue weighted by Gasteiger charge is -1.98. The van der Waals surface area contributed by atoms with Crippen molar-refractivity contribution in [2.75, 3.05) is 0 Å². The summed E-state index contributed by atoms with van der Waals surface area (Å²) in [5.74, 6) is -1.06. The van der Waals surface area contributed by atoms with Crippen molar-refractivity contribution in [3.8, 4) is 0 Å². The Bertz CT molecular complexity index is 742. The van der Waals surface area contributed by atoms with Gasteiger partial charge in [0.2, 0.25) is 0 Å². The van der Waals surface area contributed by atoms with E-state index in [-0.39, 0.29) is 35.3 Å². The smallest absolute Gasteiger partial charge is 0.337 e. The standard InChI is InChI=1S/C15H10N2O3.ClH/c18-13-10-7-4-8-11(15(19)20)12(10)17-14(13)16-9-5-2-1-3-6-9;/h1-8H,(H,19,20)(H,16,17,18);1H. The Morgan fingerprint density at radius 1 is 1.05 bits per heavy atom. The Hall–Kier alpha value is -2.50. The molecular formula is C15H11ClN2O3. The van der Waals surface area contributed by atoms with E-state index in [9.17, 15) is 9.59 Å². The molecule has 1 aliphatic heterocycles. The summed E-state index contributed by atoms with van der Waals surface area (Å²) in [7, 11) is 0. The van der Waals surface area contributed by atoms with E-state index in [2.05, 4.69) is 4.99 Å². The number of ketones is 1. The molecule has 0 saturated heterocycles. The SMILES string of the molecule is O=C(O)c1cccc2c1N=C([NH2+]c1ccccc1)C2=O.[Cl-]. The molecule has 1 heterocycles. The molecule has 0 aromatic heterocycles. The van der Waals surface area contributed by atoms with Gasteiger partial charge >= 0.3 is 5.97 Å². The average molecular weight is 303 g/mol. The van der Waals surface area contributed by atoms with Crippen molar-refractivity contribution in [1.29, 1.82) is 0 Å². The summed E-state index contributed by atoms with van der Waals surface area (Å²) in [6, 6.07) is 13.9. The molecule has 21 heavy (non-hydrogen) atoms. The van der Waals surface area contributed by atoms with Crippen LogP contribution in [0.3, 0.4) is 0 Å². The molecule has 0 spiro atoms. The van der Waals surface area contributed by atoms with Crippen LogP contribution in [-0.2, 0) is 0 Å². The van der Waals surface area contributed by atoms with Gasteiger partial charge in [-0.15, -0.1) is 0 Å². The zero-order valence-electron chi connectivity index (χ0n) is 10.8. The van der Waals surface area contributed by atoms with Gasteiger partial charge in [-0.3, -0.25) is 10.1 Å². The van der Waals surface area contributed by atoms with Crippen LogP contribution in [0.15, 0.2) is 53.5 Å². The highest BCUT2D eigenvalue weighted by molar-refractivity contribution is 6.46. The van der Waals surface area contributed by atoms with Gasteiger partial charge in [0.15, 0.2) is 0 Å². The van der Waals surface area contributed by atoms with E-state index in [1.54, 1.807) is 17.4 Å². The molecule has 1 aliphatic rings. The quantitative estimate of drug-likeness (QED) is 0.663. The van der Waals surface area contributed by atoms with Crippen LogP contribution in [0.25, 0.3) is 0 Å². The number of aliphatic imine (C=N–C) groups is 1. The molecule has 0 saturated carbocycles. The number of carboxylic acids is 1. The molecule has 0 amide bonds. The molecule has 0 bridgehead atoms. The molecule has 0 unspecified atom stereocenters. The summed E-state index contributed by atoms with van der Waals surface area (Å²) in [6.45, 7) is 0. The number of Topliss-reactive ketones (excluding diaryl/α,β-unsaturated/α-hetero) is 1. The van der Waals surface area contributed by atoms with Gasteiger partial charge in [0.1, 0.15) is 5.69 Å². The Morgan fingerprint density at radius 2 is 1.76 bits per heavy atom. The van der Waals surface area contributed by atoms with Crippen molar-refractivity contribution in [3.05, 3.63) is 59.7 Å². The fourth-order valence-corrected chi connectivity index (χ4v) is 2.13. The van der Waals surface area contributed by atoms with Gasteiger partial charge in [0, 0.05) is 0 Å². The third-order valence-electron chi connectivity index (χ3n) is 3.08. The maximum absolute atomic E-state index is 12.2. The van der Waals surface area contributed by atoms with Gasteiger partial charge in [0.05, 0.1) is 16.8 Å². The highest BCUT2D eigenvalue weighted by atomic mass is 35.5. The first-order chi connectivity index (χ1) is 9.66. The zero-order chi connectivity index (χ0) is 14.1. The summed E-state index contributed by atoms with van der Waals surface area (Å²) in [5, 5.41) is 10.8. The minimum absolute atomic E-state index is 0. The van der Waals surface area contributed by atoms with E-state index in [4.69, 9.17) is 5.11 Å². The van der Waals surface area contributed by atoms with Crippen molar-refractivity contribution in [1.82, 2.24) is 0 Å². The second-order valence-corrected chi connectivity index (χ2v) is 4.39. The van der Waals surface area contributed by atoms with Gasteiger partial charge in [-0.2, -0.15) is 4.99 Å². The fourth-order valence-electron chi connectivity index (χ4n) is 2.13. The summed E-state index contributed by atoms with van der Waals surface area (Å²) >= 11 is 0. The molecule has 0 fully saturated rings. The number of halogens is 1. The van der Waals surface area contributed by atoms with Crippen molar-refractivity contribution in [3.63, 3.8) is 0 Å². The van der Waals surface area contributed by atoms with Crippen LogP contribution in [0.1, 0.15) is 20.7 Å². The van der Waals surface area contributed by atoms with Crippen LogP contribution in [0.2, 0.25) is 0 Å². The third kappa shape index (κ3) is 2.69. The topological polar surface area (TPSA) is 83.3 Å². The van der Waals surface area contributed by atoms with E-state index < -0.39 is 5.97 Å². The second kappa shape index (κ2) is 5.87. The Kier molecular flexibility index (Phi) is 4.16. The van der Waals surface area contributed by atoms with Gasteiger partial charge in [-0.1, -0.05) is 24.3 Å².